The van der Waals surface area contributed by atoms with Crippen molar-refractivity contribution >= 4 is 26.7 Å². The van der Waals surface area contributed by atoms with Crippen molar-refractivity contribution in [3.05, 3.63) is 11.1 Å². The number of hydrogen-bond donors (Lipinski definition) is 2. The average Bonchev–Trinajstić information content (AvgIpc) is 2.74. The molecule has 1 aliphatic rings. The van der Waals surface area contributed by atoms with Gasteiger partial charge in [-0.1, -0.05) is 6.42 Å². The Hall–Kier alpha value is -0.700. The number of hydrogen-bond acceptors (Lipinski definition) is 5. The fourth-order valence-electron chi connectivity index (χ4n) is 2.04. The van der Waals surface area contributed by atoms with Crippen molar-refractivity contribution in [1.82, 2.24) is 9.29 Å². The summed E-state index contributed by atoms with van der Waals surface area (Å²) in [4.78, 5) is 4.08. The third-order valence-electron chi connectivity index (χ3n) is 2.93. The highest BCUT2D eigenvalue weighted by molar-refractivity contribution is 7.90. The number of piperidine rings is 1. The summed E-state index contributed by atoms with van der Waals surface area (Å²) < 4.78 is 28.2. The Morgan fingerprint density at radius 2 is 2.39 bits per heavy atom. The van der Waals surface area contributed by atoms with Crippen molar-refractivity contribution in [2.45, 2.75) is 32.2 Å². The van der Waals surface area contributed by atoms with Crippen molar-refractivity contribution in [1.29, 1.82) is 0 Å². The zero-order valence-electron chi connectivity index (χ0n) is 10.2. The van der Waals surface area contributed by atoms with Gasteiger partial charge in [0, 0.05) is 18.0 Å². The van der Waals surface area contributed by atoms with E-state index in [1.165, 1.54) is 15.6 Å². The molecule has 18 heavy (non-hydrogen) atoms. The molecule has 8 heteroatoms. The molecule has 1 saturated heterocycles. The molecule has 0 bridgehead atoms. The van der Waals surface area contributed by atoms with Gasteiger partial charge in [0.25, 0.3) is 0 Å². The monoisotopic (exact) mass is 291 g/mol. The first-order valence-electron chi connectivity index (χ1n) is 5.85. The molecular weight excluding hydrogens is 274 g/mol. The van der Waals surface area contributed by atoms with Gasteiger partial charge >= 0.3 is 10.2 Å². The smallest absolute Gasteiger partial charge is 0.303 e. The molecule has 1 aromatic rings. The molecule has 2 N–H and O–H groups in total. The van der Waals surface area contributed by atoms with Gasteiger partial charge in [-0.3, -0.25) is 0 Å². The number of nitrogens with one attached hydrogen (secondary N) is 1. The minimum Gasteiger partial charge on any atom is -0.395 e. The second kappa shape index (κ2) is 5.52. The first-order valence-corrected chi connectivity index (χ1v) is 8.17. The predicted molar refractivity (Wildman–Crippen MR) is 70.8 cm³/mol. The lowest BCUT2D eigenvalue weighted by molar-refractivity contribution is 0.156. The van der Waals surface area contributed by atoms with E-state index in [1.54, 1.807) is 5.38 Å². The van der Waals surface area contributed by atoms with E-state index >= 15 is 0 Å². The van der Waals surface area contributed by atoms with E-state index in [0.29, 0.717) is 18.1 Å². The summed E-state index contributed by atoms with van der Waals surface area (Å²) in [6.07, 6.45) is 2.48. The van der Waals surface area contributed by atoms with Crippen molar-refractivity contribution in [3.8, 4) is 0 Å². The lowest BCUT2D eigenvalue weighted by Gasteiger charge is -2.33. The lowest BCUT2D eigenvalue weighted by Crippen LogP contribution is -2.47. The fourth-order valence-corrected chi connectivity index (χ4v) is 4.40. The van der Waals surface area contributed by atoms with Crippen molar-refractivity contribution < 1.29 is 13.5 Å². The van der Waals surface area contributed by atoms with Gasteiger partial charge in [-0.15, -0.1) is 11.3 Å². The Morgan fingerprint density at radius 1 is 1.61 bits per heavy atom. The van der Waals surface area contributed by atoms with E-state index < -0.39 is 10.2 Å². The molecule has 1 atom stereocenters. The Labute approximate surface area is 111 Å². The number of nitrogens with zero attached hydrogens (tertiary/aromatic N) is 2. The van der Waals surface area contributed by atoms with E-state index in [0.717, 1.165) is 18.5 Å². The number of thiazole rings is 1. The molecule has 0 amide bonds. The zero-order chi connectivity index (χ0) is 13.2. The van der Waals surface area contributed by atoms with Crippen LogP contribution in [0.15, 0.2) is 5.38 Å². The van der Waals surface area contributed by atoms with Gasteiger partial charge in [-0.2, -0.15) is 12.7 Å². The number of aliphatic hydroxyl groups is 1. The SMILES string of the molecule is Cc1csc(NS(=O)(=O)N2CCCCC2CO)n1. The molecular formula is C10H17N3O3S2. The topological polar surface area (TPSA) is 82.5 Å². The summed E-state index contributed by atoms with van der Waals surface area (Å²) >= 11 is 1.26. The zero-order valence-corrected chi connectivity index (χ0v) is 11.8. The van der Waals surface area contributed by atoms with Crippen molar-refractivity contribution in [3.63, 3.8) is 0 Å². The Balaban J connectivity index is 2.14. The van der Waals surface area contributed by atoms with Gasteiger partial charge in [0.15, 0.2) is 5.13 Å². The highest BCUT2D eigenvalue weighted by Gasteiger charge is 2.32. The highest BCUT2D eigenvalue weighted by Crippen LogP contribution is 2.23. The minimum atomic E-state index is -3.61. The normalized spacial score (nSPS) is 22.0. The van der Waals surface area contributed by atoms with Crippen LogP contribution in [0.5, 0.6) is 0 Å². The second-order valence-electron chi connectivity index (χ2n) is 4.34. The van der Waals surface area contributed by atoms with Gasteiger partial charge in [0.05, 0.1) is 12.3 Å². The molecule has 0 spiro atoms. The average molecular weight is 291 g/mol. The molecule has 0 saturated carbocycles. The summed E-state index contributed by atoms with van der Waals surface area (Å²) in [7, 11) is -3.61. The maximum atomic E-state index is 12.2. The highest BCUT2D eigenvalue weighted by atomic mass is 32.2. The Bertz CT molecular complexity index is 500. The molecule has 2 rings (SSSR count). The standard InChI is InChI=1S/C10H17N3O3S2/c1-8-7-17-10(11-8)12-18(15,16)13-5-3-2-4-9(13)6-14/h7,9,14H,2-6H2,1H3,(H,11,12). The quantitative estimate of drug-likeness (QED) is 0.865. The molecule has 102 valence electrons. The van der Waals surface area contributed by atoms with Gasteiger partial charge in [0.2, 0.25) is 0 Å². The number of aryl methyl sites for hydroxylation is 1. The van der Waals surface area contributed by atoms with E-state index in [4.69, 9.17) is 0 Å². The maximum absolute atomic E-state index is 12.2. The predicted octanol–water partition coefficient (Wildman–Crippen LogP) is 0.955. The van der Waals surface area contributed by atoms with E-state index in [-0.39, 0.29) is 12.6 Å². The van der Waals surface area contributed by atoms with E-state index in [9.17, 15) is 13.5 Å². The molecule has 1 fully saturated rings. The number of rotatable bonds is 4. The van der Waals surface area contributed by atoms with Crippen molar-refractivity contribution in [2.75, 3.05) is 17.9 Å². The van der Waals surface area contributed by atoms with E-state index in [2.05, 4.69) is 9.71 Å². The molecule has 1 aromatic heterocycles. The molecule has 1 unspecified atom stereocenters. The Morgan fingerprint density at radius 3 is 3.00 bits per heavy atom. The van der Waals surface area contributed by atoms with Crippen LogP contribution >= 0.6 is 11.3 Å². The van der Waals surface area contributed by atoms with Crippen LogP contribution in [0.25, 0.3) is 0 Å². The molecule has 6 nitrogen and oxygen atoms in total. The third-order valence-corrected chi connectivity index (χ3v) is 5.48. The third kappa shape index (κ3) is 3.00. The van der Waals surface area contributed by atoms with Crippen LogP contribution < -0.4 is 4.72 Å². The van der Waals surface area contributed by atoms with Crippen LogP contribution in [-0.4, -0.2) is 42.0 Å². The summed E-state index contributed by atoms with van der Waals surface area (Å²) in [5, 5.41) is 11.4. The summed E-state index contributed by atoms with van der Waals surface area (Å²) in [6, 6.07) is -0.322. The molecule has 0 aromatic carbocycles. The van der Waals surface area contributed by atoms with E-state index in [1.807, 2.05) is 6.92 Å². The number of aliphatic hydroxyl groups excluding tert-OH is 1. The van der Waals surface area contributed by atoms with Crippen LogP contribution in [0, 0.1) is 6.92 Å². The first-order chi connectivity index (χ1) is 8.53. The Kier molecular flexibility index (Phi) is 4.21. The number of anilines is 1. The second-order valence-corrected chi connectivity index (χ2v) is 6.83. The summed E-state index contributed by atoms with van der Waals surface area (Å²) in [5.41, 5.74) is 0.787. The number of aromatic nitrogens is 1. The van der Waals surface area contributed by atoms with Gasteiger partial charge in [0.1, 0.15) is 0 Å². The van der Waals surface area contributed by atoms with Gasteiger partial charge in [-0.25, -0.2) is 9.71 Å². The largest absolute Gasteiger partial charge is 0.395 e. The molecule has 1 aliphatic heterocycles. The van der Waals surface area contributed by atoms with Crippen LogP contribution in [-0.2, 0) is 10.2 Å². The minimum absolute atomic E-state index is 0.141. The maximum Gasteiger partial charge on any atom is 0.303 e. The summed E-state index contributed by atoms with van der Waals surface area (Å²) in [5.74, 6) is 0. The van der Waals surface area contributed by atoms with Crippen LogP contribution in [0.3, 0.4) is 0 Å². The van der Waals surface area contributed by atoms with Crippen LogP contribution in [0.4, 0.5) is 5.13 Å². The van der Waals surface area contributed by atoms with Gasteiger partial charge in [-0.05, 0) is 19.8 Å². The summed E-state index contributed by atoms with van der Waals surface area (Å²) in [6.45, 7) is 2.12. The first kappa shape index (κ1) is 13.7. The van der Waals surface area contributed by atoms with Crippen LogP contribution in [0.2, 0.25) is 0 Å². The fraction of sp³-hybridized carbons (Fsp3) is 0.700. The van der Waals surface area contributed by atoms with Crippen LogP contribution in [0.1, 0.15) is 25.0 Å². The van der Waals surface area contributed by atoms with Crippen molar-refractivity contribution in [2.24, 2.45) is 0 Å². The molecule has 2 heterocycles. The van der Waals surface area contributed by atoms with Gasteiger partial charge < -0.3 is 5.11 Å². The molecule has 0 aliphatic carbocycles. The molecule has 0 radical (unpaired) electrons. The lowest BCUT2D eigenvalue weighted by atomic mass is 10.1.